The van der Waals surface area contributed by atoms with E-state index in [9.17, 15) is 27.6 Å². The topological polar surface area (TPSA) is 78.5 Å². The summed E-state index contributed by atoms with van der Waals surface area (Å²) in [6.45, 7) is 0.226. The number of halogens is 3. The average Bonchev–Trinajstić information content (AvgIpc) is 3.54. The molecule has 2 fully saturated rings. The number of carbonyl (C=O) groups is 3. The fourth-order valence-corrected chi connectivity index (χ4v) is 3.67. The van der Waals surface area contributed by atoms with E-state index in [4.69, 9.17) is 0 Å². The molecule has 1 atom stereocenters. The number of amides is 3. The van der Waals surface area contributed by atoms with Crippen LogP contribution in [0.25, 0.3) is 0 Å². The average molecular weight is 445 g/mol. The molecule has 0 spiro atoms. The Bertz CT molecular complexity index is 1050. The van der Waals surface area contributed by atoms with Crippen molar-refractivity contribution in [2.24, 2.45) is 11.8 Å². The van der Waals surface area contributed by atoms with E-state index in [-0.39, 0.29) is 42.9 Å². The van der Waals surface area contributed by atoms with Crippen LogP contribution in [0.15, 0.2) is 48.5 Å². The predicted molar refractivity (Wildman–Crippen MR) is 112 cm³/mol. The molecule has 1 heterocycles. The lowest BCUT2D eigenvalue weighted by molar-refractivity contribution is -0.137. The monoisotopic (exact) mass is 445 g/mol. The molecule has 0 bridgehead atoms. The Morgan fingerprint density at radius 1 is 1.00 bits per heavy atom. The summed E-state index contributed by atoms with van der Waals surface area (Å²) in [4.78, 5) is 38.1. The highest BCUT2D eigenvalue weighted by molar-refractivity contribution is 6.00. The number of carbonyl (C=O) groups excluding carboxylic acids is 3. The van der Waals surface area contributed by atoms with E-state index in [1.54, 1.807) is 18.2 Å². The van der Waals surface area contributed by atoms with Crippen molar-refractivity contribution in [3.05, 3.63) is 59.7 Å². The van der Waals surface area contributed by atoms with Crippen molar-refractivity contribution >= 4 is 29.1 Å². The third-order valence-corrected chi connectivity index (χ3v) is 5.59. The van der Waals surface area contributed by atoms with E-state index in [1.807, 2.05) is 6.07 Å². The fraction of sp³-hybridized carbons (Fsp3) is 0.348. The Labute approximate surface area is 182 Å². The van der Waals surface area contributed by atoms with Crippen molar-refractivity contribution in [2.75, 3.05) is 16.8 Å². The molecule has 0 aromatic heterocycles. The van der Waals surface area contributed by atoms with Crippen LogP contribution in [-0.4, -0.2) is 24.3 Å². The standard InChI is InChI=1S/C23H22F3N3O3/c24-23(25,26)17-4-2-6-19(11-17)29-13-16(10-20(29)30)21(31)27-12-14-3-1-5-18(9-14)28-22(32)15-7-8-15/h1-6,9,11,15-16H,7-8,10,12-13H2,(H,27,31)(H,28,32). The SMILES string of the molecule is O=C(NCc1cccc(NC(=O)C2CC2)c1)C1CC(=O)N(c2cccc(C(F)(F)F)c2)C1. The number of alkyl halides is 3. The van der Waals surface area contributed by atoms with Crippen LogP contribution in [0.2, 0.25) is 0 Å². The molecule has 4 rings (SSSR count). The first-order valence-electron chi connectivity index (χ1n) is 10.4. The minimum atomic E-state index is -4.51. The summed E-state index contributed by atoms with van der Waals surface area (Å²) < 4.78 is 38.9. The Morgan fingerprint density at radius 3 is 2.47 bits per heavy atom. The first kappa shape index (κ1) is 21.9. The third kappa shape index (κ3) is 5.09. The maximum atomic E-state index is 13.0. The summed E-state index contributed by atoms with van der Waals surface area (Å²) in [5.41, 5.74) is 0.718. The molecule has 32 heavy (non-hydrogen) atoms. The summed E-state index contributed by atoms with van der Waals surface area (Å²) in [6, 6.07) is 11.7. The van der Waals surface area contributed by atoms with Gasteiger partial charge in [0, 0.05) is 36.8 Å². The van der Waals surface area contributed by atoms with E-state index in [0.29, 0.717) is 5.69 Å². The molecular weight excluding hydrogens is 423 g/mol. The van der Waals surface area contributed by atoms with Crippen LogP contribution in [0.1, 0.15) is 30.4 Å². The molecule has 9 heteroatoms. The highest BCUT2D eigenvalue weighted by Gasteiger charge is 2.37. The molecule has 3 amide bonds. The molecule has 1 aliphatic heterocycles. The van der Waals surface area contributed by atoms with Gasteiger partial charge in [0.1, 0.15) is 0 Å². The maximum Gasteiger partial charge on any atom is 0.416 e. The molecule has 168 valence electrons. The molecule has 1 saturated carbocycles. The second-order valence-corrected chi connectivity index (χ2v) is 8.14. The summed E-state index contributed by atoms with van der Waals surface area (Å²) in [5, 5.41) is 5.62. The van der Waals surface area contributed by atoms with Gasteiger partial charge in [-0.3, -0.25) is 14.4 Å². The lowest BCUT2D eigenvalue weighted by Gasteiger charge is -2.18. The maximum absolute atomic E-state index is 13.0. The fourth-order valence-electron chi connectivity index (χ4n) is 3.67. The number of hydrogen-bond donors (Lipinski definition) is 2. The van der Waals surface area contributed by atoms with Crippen molar-refractivity contribution in [1.82, 2.24) is 5.32 Å². The van der Waals surface area contributed by atoms with Gasteiger partial charge in [-0.05, 0) is 48.7 Å². The first-order chi connectivity index (χ1) is 15.2. The minimum Gasteiger partial charge on any atom is -0.352 e. The Hall–Kier alpha value is -3.36. The summed E-state index contributed by atoms with van der Waals surface area (Å²) in [7, 11) is 0. The summed E-state index contributed by atoms with van der Waals surface area (Å²) in [5.74, 6) is -1.33. The second-order valence-electron chi connectivity index (χ2n) is 8.14. The highest BCUT2D eigenvalue weighted by atomic mass is 19.4. The lowest BCUT2D eigenvalue weighted by Crippen LogP contribution is -2.32. The zero-order valence-corrected chi connectivity index (χ0v) is 17.1. The molecule has 2 aromatic carbocycles. The van der Waals surface area contributed by atoms with Gasteiger partial charge >= 0.3 is 6.18 Å². The number of anilines is 2. The quantitative estimate of drug-likeness (QED) is 0.712. The largest absolute Gasteiger partial charge is 0.416 e. The minimum absolute atomic E-state index is 0.00895. The van der Waals surface area contributed by atoms with Crippen molar-refractivity contribution < 1.29 is 27.6 Å². The zero-order chi connectivity index (χ0) is 22.9. The van der Waals surface area contributed by atoms with Crippen LogP contribution < -0.4 is 15.5 Å². The van der Waals surface area contributed by atoms with Crippen LogP contribution in [0.4, 0.5) is 24.5 Å². The normalized spacial score (nSPS) is 18.5. The Balaban J connectivity index is 1.35. The Kier molecular flexibility index (Phi) is 5.90. The molecular formula is C23H22F3N3O3. The molecule has 2 aromatic rings. The van der Waals surface area contributed by atoms with E-state index >= 15 is 0 Å². The number of nitrogens with one attached hydrogen (secondary N) is 2. The van der Waals surface area contributed by atoms with Gasteiger partial charge in [0.15, 0.2) is 0 Å². The van der Waals surface area contributed by atoms with E-state index < -0.39 is 23.6 Å². The number of rotatable bonds is 6. The molecule has 1 aliphatic carbocycles. The van der Waals surface area contributed by atoms with Crippen molar-refractivity contribution in [3.8, 4) is 0 Å². The van der Waals surface area contributed by atoms with Crippen LogP contribution in [0.3, 0.4) is 0 Å². The van der Waals surface area contributed by atoms with Crippen LogP contribution in [0.5, 0.6) is 0 Å². The number of benzene rings is 2. The van der Waals surface area contributed by atoms with Gasteiger partial charge in [-0.1, -0.05) is 18.2 Å². The molecule has 1 unspecified atom stereocenters. The van der Waals surface area contributed by atoms with Gasteiger partial charge in [0.2, 0.25) is 17.7 Å². The van der Waals surface area contributed by atoms with Gasteiger partial charge in [-0.2, -0.15) is 13.2 Å². The van der Waals surface area contributed by atoms with Gasteiger partial charge in [0.05, 0.1) is 11.5 Å². The van der Waals surface area contributed by atoms with E-state index in [1.165, 1.54) is 17.0 Å². The molecule has 1 saturated heterocycles. The lowest BCUT2D eigenvalue weighted by atomic mass is 10.1. The number of nitrogens with zero attached hydrogens (tertiary/aromatic N) is 1. The van der Waals surface area contributed by atoms with Gasteiger partial charge in [-0.25, -0.2) is 0 Å². The third-order valence-electron chi connectivity index (χ3n) is 5.59. The van der Waals surface area contributed by atoms with Gasteiger partial charge < -0.3 is 15.5 Å². The second kappa shape index (κ2) is 8.64. The summed E-state index contributed by atoms with van der Waals surface area (Å²) >= 11 is 0. The first-order valence-corrected chi connectivity index (χ1v) is 10.4. The van der Waals surface area contributed by atoms with E-state index in [0.717, 1.165) is 30.5 Å². The molecule has 2 N–H and O–H groups in total. The predicted octanol–water partition coefficient (Wildman–Crippen LogP) is 3.72. The van der Waals surface area contributed by atoms with Crippen LogP contribution >= 0.6 is 0 Å². The number of hydrogen-bond acceptors (Lipinski definition) is 3. The van der Waals surface area contributed by atoms with Gasteiger partial charge in [-0.15, -0.1) is 0 Å². The van der Waals surface area contributed by atoms with Crippen LogP contribution in [0, 0.1) is 11.8 Å². The van der Waals surface area contributed by atoms with Crippen LogP contribution in [-0.2, 0) is 27.1 Å². The van der Waals surface area contributed by atoms with Crippen molar-refractivity contribution in [1.29, 1.82) is 0 Å². The highest BCUT2D eigenvalue weighted by Crippen LogP contribution is 2.33. The smallest absolute Gasteiger partial charge is 0.352 e. The zero-order valence-electron chi connectivity index (χ0n) is 17.1. The van der Waals surface area contributed by atoms with Crippen molar-refractivity contribution in [2.45, 2.75) is 32.0 Å². The molecule has 2 aliphatic rings. The Morgan fingerprint density at radius 2 is 1.75 bits per heavy atom. The van der Waals surface area contributed by atoms with Gasteiger partial charge in [0.25, 0.3) is 0 Å². The van der Waals surface area contributed by atoms with E-state index in [2.05, 4.69) is 10.6 Å². The molecule has 0 radical (unpaired) electrons. The molecule has 6 nitrogen and oxygen atoms in total. The summed E-state index contributed by atoms with van der Waals surface area (Å²) in [6.07, 6.45) is -2.78. The van der Waals surface area contributed by atoms with Crippen molar-refractivity contribution in [3.63, 3.8) is 0 Å².